The van der Waals surface area contributed by atoms with Gasteiger partial charge in [-0.1, -0.05) is 86.5 Å². The van der Waals surface area contributed by atoms with Gasteiger partial charge in [0, 0.05) is 33.9 Å². The molecular formula is C38H41BN2. The van der Waals surface area contributed by atoms with E-state index in [9.17, 15) is 0 Å². The molecule has 3 heteroatoms. The summed E-state index contributed by atoms with van der Waals surface area (Å²) in [6.07, 6.45) is 18.3. The van der Waals surface area contributed by atoms with Crippen LogP contribution in [0.1, 0.15) is 78.4 Å². The summed E-state index contributed by atoms with van der Waals surface area (Å²) in [7, 11) is 0. The van der Waals surface area contributed by atoms with Crippen molar-refractivity contribution in [3.05, 3.63) is 108 Å². The minimum atomic E-state index is 0.0371. The standard InChI is InChI=1S/C38H41BN2/c1-7-10-17-26(4)40-32-21-12-11-19-30(32)39-31-20-15-18-29-36(31)41(38(6)23-14-13-22-37(29,38)5)34-25-28(24-33(40)35(34)39)27(9-3)16-8-2/h7-12,15-21,24-25H,13-14,22-23H2,1-6H3/b10-7-,16-8-,26-17+,27-9+. The maximum absolute atomic E-state index is 2.82. The monoisotopic (exact) mass is 536 g/mol. The Labute approximate surface area is 246 Å². The summed E-state index contributed by atoms with van der Waals surface area (Å²) < 4.78 is 0. The van der Waals surface area contributed by atoms with Gasteiger partial charge in [0.25, 0.3) is 6.71 Å². The van der Waals surface area contributed by atoms with Gasteiger partial charge in [-0.15, -0.1) is 0 Å². The molecule has 2 nitrogen and oxygen atoms in total. The number of fused-ring (bicyclic) bond motifs is 7. The van der Waals surface area contributed by atoms with E-state index in [0.29, 0.717) is 0 Å². The van der Waals surface area contributed by atoms with E-state index in [2.05, 4.69) is 142 Å². The van der Waals surface area contributed by atoms with Gasteiger partial charge in [-0.05, 0) is 105 Å². The number of nitrogens with zero attached hydrogens (tertiary/aromatic N) is 2. The van der Waals surface area contributed by atoms with Crippen molar-refractivity contribution in [3.63, 3.8) is 0 Å². The van der Waals surface area contributed by atoms with E-state index in [-0.39, 0.29) is 17.7 Å². The lowest BCUT2D eigenvalue weighted by molar-refractivity contribution is 0.195. The van der Waals surface area contributed by atoms with Crippen molar-refractivity contribution < 1.29 is 0 Å². The molecule has 41 heavy (non-hydrogen) atoms. The molecule has 0 bridgehead atoms. The van der Waals surface area contributed by atoms with Gasteiger partial charge < -0.3 is 9.80 Å². The number of rotatable bonds is 4. The first-order valence-corrected chi connectivity index (χ1v) is 15.5. The Hall–Kier alpha value is -3.72. The number of hydrogen-bond acceptors (Lipinski definition) is 2. The lowest BCUT2D eigenvalue weighted by Gasteiger charge is -2.53. The molecule has 0 saturated heterocycles. The Morgan fingerprint density at radius 3 is 2.39 bits per heavy atom. The molecule has 3 aromatic carbocycles. The van der Waals surface area contributed by atoms with E-state index in [4.69, 9.17) is 0 Å². The van der Waals surface area contributed by atoms with Crippen LogP contribution < -0.4 is 26.2 Å². The average Bonchev–Trinajstić information content (AvgIpc) is 3.20. The summed E-state index contributed by atoms with van der Waals surface area (Å²) >= 11 is 0. The lowest BCUT2D eigenvalue weighted by Crippen LogP contribution is -2.64. The van der Waals surface area contributed by atoms with Crippen LogP contribution in [-0.2, 0) is 5.41 Å². The van der Waals surface area contributed by atoms with Gasteiger partial charge in [-0.3, -0.25) is 0 Å². The van der Waals surface area contributed by atoms with Crippen molar-refractivity contribution in [1.82, 2.24) is 0 Å². The molecule has 3 aliphatic heterocycles. The second-order valence-corrected chi connectivity index (χ2v) is 12.7. The predicted octanol–water partition coefficient (Wildman–Crippen LogP) is 8.17. The van der Waals surface area contributed by atoms with E-state index < -0.39 is 0 Å². The highest BCUT2D eigenvalue weighted by Crippen LogP contribution is 2.61. The van der Waals surface area contributed by atoms with E-state index in [1.807, 2.05) is 0 Å². The summed E-state index contributed by atoms with van der Waals surface area (Å²) in [5.41, 5.74) is 15.3. The first kappa shape index (κ1) is 26.2. The van der Waals surface area contributed by atoms with Gasteiger partial charge in [0.1, 0.15) is 0 Å². The molecule has 3 heterocycles. The highest BCUT2D eigenvalue weighted by atomic mass is 15.3. The minimum Gasteiger partial charge on any atom is -0.335 e. The highest BCUT2D eigenvalue weighted by molar-refractivity contribution is 7.00. The number of benzene rings is 3. The lowest BCUT2D eigenvalue weighted by atomic mass is 9.33. The van der Waals surface area contributed by atoms with Crippen molar-refractivity contribution >= 4 is 51.4 Å². The van der Waals surface area contributed by atoms with Crippen molar-refractivity contribution in [3.8, 4) is 0 Å². The number of allylic oxidation sites excluding steroid dienone is 8. The smallest absolute Gasteiger partial charge is 0.252 e. The van der Waals surface area contributed by atoms with E-state index in [1.165, 1.54) is 81.7 Å². The van der Waals surface area contributed by atoms with Crippen LogP contribution in [0.3, 0.4) is 0 Å². The van der Waals surface area contributed by atoms with Crippen LogP contribution in [0.25, 0.3) is 5.57 Å². The molecule has 2 atom stereocenters. The fraction of sp³-hybridized carbons (Fsp3) is 0.316. The Balaban J connectivity index is 1.63. The summed E-state index contributed by atoms with van der Waals surface area (Å²) in [5, 5.41) is 0. The average molecular weight is 537 g/mol. The second kappa shape index (κ2) is 9.41. The number of hydrogen-bond donors (Lipinski definition) is 0. The van der Waals surface area contributed by atoms with Crippen molar-refractivity contribution in [2.45, 2.75) is 78.2 Å². The Kier molecular flexibility index (Phi) is 6.01. The molecule has 1 fully saturated rings. The number of para-hydroxylation sites is 2. The molecule has 0 amide bonds. The van der Waals surface area contributed by atoms with Gasteiger partial charge >= 0.3 is 0 Å². The zero-order valence-electron chi connectivity index (χ0n) is 25.5. The summed E-state index contributed by atoms with van der Waals surface area (Å²) in [4.78, 5) is 5.33. The van der Waals surface area contributed by atoms with Crippen LogP contribution in [0.4, 0.5) is 22.7 Å². The van der Waals surface area contributed by atoms with E-state index in [0.717, 1.165) is 0 Å². The van der Waals surface area contributed by atoms with Gasteiger partial charge in [-0.2, -0.15) is 0 Å². The molecule has 4 aliphatic rings. The SMILES string of the molecule is C/C=C\C=C(/C)N1c2ccccc2B2c3cccc4c3N(c3cc(C(/C=C\C)=C/C)cc1c32)C1(C)CCCCC41C. The molecule has 2 unspecified atom stereocenters. The van der Waals surface area contributed by atoms with Crippen LogP contribution in [0.5, 0.6) is 0 Å². The zero-order valence-corrected chi connectivity index (χ0v) is 25.5. The molecule has 0 radical (unpaired) electrons. The normalized spacial score (nSPS) is 24.6. The van der Waals surface area contributed by atoms with Crippen molar-refractivity contribution in [2.24, 2.45) is 0 Å². The summed E-state index contributed by atoms with van der Waals surface area (Å²) in [6.45, 7) is 14.0. The Morgan fingerprint density at radius 1 is 0.854 bits per heavy atom. The van der Waals surface area contributed by atoms with Crippen molar-refractivity contribution in [1.29, 1.82) is 0 Å². The van der Waals surface area contributed by atoms with E-state index in [1.54, 1.807) is 5.56 Å². The van der Waals surface area contributed by atoms with Crippen LogP contribution in [-0.4, -0.2) is 12.3 Å². The zero-order chi connectivity index (χ0) is 28.5. The molecule has 206 valence electrons. The molecule has 0 N–H and O–H groups in total. The van der Waals surface area contributed by atoms with Gasteiger partial charge in [-0.25, -0.2) is 0 Å². The first-order chi connectivity index (χ1) is 19.9. The molecule has 0 aromatic heterocycles. The predicted molar refractivity (Wildman–Crippen MR) is 180 cm³/mol. The Morgan fingerprint density at radius 2 is 1.61 bits per heavy atom. The molecule has 3 aromatic rings. The molecule has 0 spiro atoms. The molecule has 1 aliphatic carbocycles. The number of anilines is 4. The van der Waals surface area contributed by atoms with Crippen LogP contribution >= 0.6 is 0 Å². The molecular weight excluding hydrogens is 495 g/mol. The second-order valence-electron chi connectivity index (χ2n) is 12.7. The summed E-state index contributed by atoms with van der Waals surface area (Å²) in [6, 6.07) is 21.3. The molecule has 1 saturated carbocycles. The van der Waals surface area contributed by atoms with Crippen molar-refractivity contribution in [2.75, 3.05) is 9.80 Å². The van der Waals surface area contributed by atoms with E-state index >= 15 is 0 Å². The largest absolute Gasteiger partial charge is 0.335 e. The highest BCUT2D eigenvalue weighted by Gasteiger charge is 2.61. The third-order valence-corrected chi connectivity index (χ3v) is 10.7. The Bertz CT molecular complexity index is 1690. The summed E-state index contributed by atoms with van der Waals surface area (Å²) in [5.74, 6) is 0. The minimum absolute atomic E-state index is 0.0371. The quantitative estimate of drug-likeness (QED) is 0.245. The first-order valence-electron chi connectivity index (χ1n) is 15.5. The van der Waals surface area contributed by atoms with Gasteiger partial charge in [0.05, 0.1) is 5.54 Å². The topological polar surface area (TPSA) is 6.48 Å². The van der Waals surface area contributed by atoms with Gasteiger partial charge in [0.2, 0.25) is 0 Å². The maximum Gasteiger partial charge on any atom is 0.252 e. The fourth-order valence-corrected chi connectivity index (χ4v) is 8.63. The van der Waals surface area contributed by atoms with Crippen LogP contribution in [0, 0.1) is 0 Å². The van der Waals surface area contributed by atoms with Crippen LogP contribution in [0.15, 0.2) is 96.8 Å². The molecule has 7 rings (SSSR count). The third kappa shape index (κ3) is 3.38. The van der Waals surface area contributed by atoms with Crippen LogP contribution in [0.2, 0.25) is 0 Å². The fourth-order valence-electron chi connectivity index (χ4n) is 8.63. The van der Waals surface area contributed by atoms with Gasteiger partial charge in [0.15, 0.2) is 0 Å². The maximum atomic E-state index is 2.82. The third-order valence-electron chi connectivity index (χ3n) is 10.7.